The molecule has 1 aromatic rings. The molecule has 112 valence electrons. The van der Waals surface area contributed by atoms with Gasteiger partial charge in [-0.05, 0) is 64.0 Å². The van der Waals surface area contributed by atoms with E-state index in [0.29, 0.717) is 0 Å². The maximum atomic E-state index is 5.38. The highest BCUT2D eigenvalue weighted by atomic mass is 16.5. The van der Waals surface area contributed by atoms with Crippen LogP contribution in [0.1, 0.15) is 31.2 Å². The minimum absolute atomic E-state index is 0.780. The normalized spacial score (nSPS) is 20.0. The van der Waals surface area contributed by atoms with Crippen molar-refractivity contribution in [1.82, 2.24) is 10.2 Å². The Bertz CT molecular complexity index is 394. The standard InChI is InChI=1S/C17H28N2O/c1-19-14-6-5-8-16(19)11-13-18-12-10-15-7-3-4-9-17(15)20-2/h3-4,7,9,16,18H,5-6,8,10-14H2,1-2H3. The van der Waals surface area contributed by atoms with Gasteiger partial charge in [0.2, 0.25) is 0 Å². The molecular formula is C17H28N2O. The minimum Gasteiger partial charge on any atom is -0.496 e. The van der Waals surface area contributed by atoms with Crippen LogP contribution in [0.25, 0.3) is 0 Å². The quantitative estimate of drug-likeness (QED) is 0.775. The van der Waals surface area contributed by atoms with E-state index < -0.39 is 0 Å². The van der Waals surface area contributed by atoms with Gasteiger partial charge in [0.05, 0.1) is 7.11 Å². The summed E-state index contributed by atoms with van der Waals surface area (Å²) in [6, 6.07) is 9.06. The number of piperidine rings is 1. The number of methoxy groups -OCH3 is 1. The molecule has 1 unspecified atom stereocenters. The lowest BCUT2D eigenvalue weighted by Crippen LogP contribution is -2.38. The third-order valence-electron chi connectivity index (χ3n) is 4.34. The minimum atomic E-state index is 0.780. The number of hydrogen-bond donors (Lipinski definition) is 1. The van der Waals surface area contributed by atoms with E-state index in [9.17, 15) is 0 Å². The summed E-state index contributed by atoms with van der Waals surface area (Å²) >= 11 is 0. The van der Waals surface area contributed by atoms with Crippen molar-refractivity contribution in [3.05, 3.63) is 29.8 Å². The average Bonchev–Trinajstić information content (AvgIpc) is 2.49. The number of ether oxygens (including phenoxy) is 1. The van der Waals surface area contributed by atoms with Crippen LogP contribution in [0, 0.1) is 0 Å². The van der Waals surface area contributed by atoms with E-state index in [-0.39, 0.29) is 0 Å². The lowest BCUT2D eigenvalue weighted by molar-refractivity contribution is 0.175. The van der Waals surface area contributed by atoms with E-state index in [1.807, 2.05) is 12.1 Å². The molecule has 1 N–H and O–H groups in total. The lowest BCUT2D eigenvalue weighted by Gasteiger charge is -2.32. The third kappa shape index (κ3) is 4.50. The van der Waals surface area contributed by atoms with Gasteiger partial charge in [0.15, 0.2) is 0 Å². The molecule has 1 atom stereocenters. The van der Waals surface area contributed by atoms with Gasteiger partial charge in [-0.1, -0.05) is 24.6 Å². The van der Waals surface area contributed by atoms with Crippen molar-refractivity contribution in [3.63, 3.8) is 0 Å². The van der Waals surface area contributed by atoms with E-state index in [2.05, 4.69) is 29.4 Å². The topological polar surface area (TPSA) is 24.5 Å². The summed E-state index contributed by atoms with van der Waals surface area (Å²) < 4.78 is 5.38. The second kappa shape index (κ2) is 8.28. The molecule has 0 bridgehead atoms. The molecule has 1 aliphatic rings. The molecule has 1 aromatic carbocycles. The Balaban J connectivity index is 1.64. The van der Waals surface area contributed by atoms with Crippen molar-refractivity contribution in [3.8, 4) is 5.75 Å². The smallest absolute Gasteiger partial charge is 0.122 e. The number of para-hydroxylation sites is 1. The summed E-state index contributed by atoms with van der Waals surface area (Å²) in [5, 5.41) is 3.57. The number of hydrogen-bond acceptors (Lipinski definition) is 3. The summed E-state index contributed by atoms with van der Waals surface area (Å²) in [6.45, 7) is 3.41. The van der Waals surface area contributed by atoms with Gasteiger partial charge in [-0.15, -0.1) is 0 Å². The van der Waals surface area contributed by atoms with Crippen LogP contribution in [0.2, 0.25) is 0 Å². The van der Waals surface area contributed by atoms with Gasteiger partial charge in [0, 0.05) is 6.04 Å². The van der Waals surface area contributed by atoms with Crippen molar-refractivity contribution < 1.29 is 4.74 Å². The molecule has 0 aliphatic carbocycles. The Morgan fingerprint density at radius 3 is 2.90 bits per heavy atom. The van der Waals surface area contributed by atoms with Crippen LogP contribution >= 0.6 is 0 Å². The zero-order valence-corrected chi connectivity index (χ0v) is 12.9. The van der Waals surface area contributed by atoms with Crippen LogP contribution in [0.3, 0.4) is 0 Å². The molecule has 20 heavy (non-hydrogen) atoms. The Hall–Kier alpha value is -1.06. The lowest BCUT2D eigenvalue weighted by atomic mass is 10.0. The average molecular weight is 276 g/mol. The number of nitrogens with zero attached hydrogens (tertiary/aromatic N) is 1. The summed E-state index contributed by atoms with van der Waals surface area (Å²) in [5.74, 6) is 1.00. The number of rotatable bonds is 7. The number of likely N-dealkylation sites (tertiary alicyclic amines) is 1. The van der Waals surface area contributed by atoms with Crippen molar-refractivity contribution in [2.24, 2.45) is 0 Å². The molecule has 1 saturated heterocycles. The van der Waals surface area contributed by atoms with E-state index >= 15 is 0 Å². The zero-order valence-electron chi connectivity index (χ0n) is 12.9. The number of benzene rings is 1. The van der Waals surface area contributed by atoms with Crippen molar-refractivity contribution in [1.29, 1.82) is 0 Å². The summed E-state index contributed by atoms with van der Waals surface area (Å²) in [5.41, 5.74) is 1.29. The van der Waals surface area contributed by atoms with E-state index in [4.69, 9.17) is 4.74 Å². The molecule has 0 aromatic heterocycles. The zero-order chi connectivity index (χ0) is 14.2. The summed E-state index contributed by atoms with van der Waals surface area (Å²) in [4.78, 5) is 2.52. The van der Waals surface area contributed by atoms with Gasteiger partial charge in [-0.2, -0.15) is 0 Å². The molecule has 3 nitrogen and oxygen atoms in total. The molecule has 1 aliphatic heterocycles. The van der Waals surface area contributed by atoms with Gasteiger partial charge >= 0.3 is 0 Å². The number of nitrogens with one attached hydrogen (secondary N) is 1. The van der Waals surface area contributed by atoms with Gasteiger partial charge in [-0.25, -0.2) is 0 Å². The highest BCUT2D eigenvalue weighted by molar-refractivity contribution is 5.33. The molecule has 1 fully saturated rings. The highest BCUT2D eigenvalue weighted by Gasteiger charge is 2.17. The predicted molar refractivity (Wildman–Crippen MR) is 84.5 cm³/mol. The third-order valence-corrected chi connectivity index (χ3v) is 4.34. The van der Waals surface area contributed by atoms with Crippen LogP contribution in [-0.2, 0) is 6.42 Å². The Morgan fingerprint density at radius 1 is 1.25 bits per heavy atom. The first kappa shape index (κ1) is 15.3. The largest absolute Gasteiger partial charge is 0.496 e. The van der Waals surface area contributed by atoms with Crippen LogP contribution in [0.5, 0.6) is 5.75 Å². The Labute approximate surface area is 123 Å². The van der Waals surface area contributed by atoms with Gasteiger partial charge in [-0.3, -0.25) is 0 Å². The molecule has 2 rings (SSSR count). The van der Waals surface area contributed by atoms with Crippen molar-refractivity contribution >= 4 is 0 Å². The fourth-order valence-electron chi connectivity index (χ4n) is 3.04. The van der Waals surface area contributed by atoms with Gasteiger partial charge in [0.1, 0.15) is 5.75 Å². The maximum Gasteiger partial charge on any atom is 0.122 e. The molecule has 0 saturated carbocycles. The second-order valence-electron chi connectivity index (χ2n) is 5.73. The van der Waals surface area contributed by atoms with E-state index in [0.717, 1.165) is 31.3 Å². The van der Waals surface area contributed by atoms with Crippen LogP contribution < -0.4 is 10.1 Å². The fraction of sp³-hybridized carbons (Fsp3) is 0.647. The first-order valence-electron chi connectivity index (χ1n) is 7.84. The Kier molecular flexibility index (Phi) is 6.34. The molecule has 1 heterocycles. The molecule has 0 spiro atoms. The van der Waals surface area contributed by atoms with Gasteiger partial charge in [0.25, 0.3) is 0 Å². The monoisotopic (exact) mass is 276 g/mol. The molecular weight excluding hydrogens is 248 g/mol. The summed E-state index contributed by atoms with van der Waals surface area (Å²) in [6.07, 6.45) is 6.43. The maximum absolute atomic E-state index is 5.38. The first-order chi connectivity index (χ1) is 9.81. The van der Waals surface area contributed by atoms with Crippen molar-refractivity contribution in [2.75, 3.05) is 33.8 Å². The molecule has 3 heteroatoms. The van der Waals surface area contributed by atoms with Crippen LogP contribution in [-0.4, -0.2) is 44.7 Å². The predicted octanol–water partition coefficient (Wildman–Crippen LogP) is 2.70. The first-order valence-corrected chi connectivity index (χ1v) is 7.84. The highest BCUT2D eigenvalue weighted by Crippen LogP contribution is 2.18. The molecule has 0 amide bonds. The van der Waals surface area contributed by atoms with Crippen LogP contribution in [0.4, 0.5) is 0 Å². The Morgan fingerprint density at radius 2 is 2.10 bits per heavy atom. The SMILES string of the molecule is COc1ccccc1CCNCCC1CCCCN1C. The molecule has 0 radical (unpaired) electrons. The van der Waals surface area contributed by atoms with Gasteiger partial charge < -0.3 is 15.0 Å². The second-order valence-corrected chi connectivity index (χ2v) is 5.73. The van der Waals surface area contributed by atoms with Crippen molar-refractivity contribution in [2.45, 2.75) is 38.1 Å². The summed E-state index contributed by atoms with van der Waals surface area (Å²) in [7, 11) is 4.00. The van der Waals surface area contributed by atoms with E-state index in [1.54, 1.807) is 7.11 Å². The van der Waals surface area contributed by atoms with Crippen LogP contribution in [0.15, 0.2) is 24.3 Å². The fourth-order valence-corrected chi connectivity index (χ4v) is 3.04. The van der Waals surface area contributed by atoms with E-state index in [1.165, 1.54) is 37.8 Å².